The van der Waals surface area contributed by atoms with Crippen LogP contribution in [0.2, 0.25) is 0 Å². The zero-order valence-electron chi connectivity index (χ0n) is 26.7. The van der Waals surface area contributed by atoms with Gasteiger partial charge in [-0.05, 0) is 115 Å². The molecule has 6 rings (SSSR count). The number of aliphatic hydroxyl groups is 1. The highest BCUT2D eigenvalue weighted by atomic mass is 19.1. The molecule has 1 aromatic rings. The fourth-order valence-corrected chi connectivity index (χ4v) is 11.9. The first-order chi connectivity index (χ1) is 19.2. The first-order valence-corrected chi connectivity index (χ1v) is 16.6. The molecule has 4 heteroatoms. The van der Waals surface area contributed by atoms with Crippen molar-refractivity contribution < 1.29 is 14.3 Å². The fourth-order valence-electron chi connectivity index (χ4n) is 11.9. The first kappa shape index (κ1) is 29.4. The van der Waals surface area contributed by atoms with Gasteiger partial charge in [0.2, 0.25) is 5.91 Å². The highest BCUT2D eigenvalue weighted by Crippen LogP contribution is 2.75. The van der Waals surface area contributed by atoms with Gasteiger partial charge in [-0.25, -0.2) is 4.39 Å². The Morgan fingerprint density at radius 2 is 1.68 bits per heavy atom. The number of allylic oxidation sites excluding steroid dienone is 2. The molecule has 41 heavy (non-hydrogen) atoms. The van der Waals surface area contributed by atoms with Gasteiger partial charge in [-0.2, -0.15) is 0 Å². The second kappa shape index (κ2) is 9.66. The Kier molecular flexibility index (Phi) is 6.93. The van der Waals surface area contributed by atoms with Crippen molar-refractivity contribution in [1.29, 1.82) is 0 Å². The molecule has 0 aliphatic heterocycles. The third-order valence-electron chi connectivity index (χ3n) is 14.8. The quantitative estimate of drug-likeness (QED) is 0.363. The first-order valence-electron chi connectivity index (χ1n) is 16.6. The average molecular weight is 564 g/mol. The molecule has 0 unspecified atom stereocenters. The number of halogens is 1. The molecule has 0 heterocycles. The zero-order chi connectivity index (χ0) is 29.6. The van der Waals surface area contributed by atoms with Crippen molar-refractivity contribution in [3.8, 4) is 0 Å². The van der Waals surface area contributed by atoms with E-state index in [1.54, 1.807) is 17.7 Å². The molecule has 0 bridgehead atoms. The topological polar surface area (TPSA) is 49.3 Å². The van der Waals surface area contributed by atoms with Crippen molar-refractivity contribution in [2.24, 2.45) is 56.7 Å². The molecule has 2 N–H and O–H groups in total. The molecule has 5 aliphatic rings. The van der Waals surface area contributed by atoms with Crippen LogP contribution in [0.3, 0.4) is 0 Å². The molecule has 1 amide bonds. The fraction of sp³-hybridized carbons (Fsp3) is 0.757. The van der Waals surface area contributed by atoms with E-state index in [2.05, 4.69) is 59.9 Å². The van der Waals surface area contributed by atoms with Crippen molar-refractivity contribution in [2.45, 2.75) is 119 Å². The van der Waals surface area contributed by atoms with Crippen LogP contribution >= 0.6 is 0 Å². The molecule has 0 radical (unpaired) electrons. The molecule has 3 nitrogen and oxygen atoms in total. The largest absolute Gasteiger partial charge is 0.393 e. The molecule has 0 saturated heterocycles. The Hall–Kier alpha value is -1.68. The van der Waals surface area contributed by atoms with Gasteiger partial charge in [0.25, 0.3) is 0 Å². The predicted octanol–water partition coefficient (Wildman–Crippen LogP) is 8.46. The van der Waals surface area contributed by atoms with Gasteiger partial charge in [-0.15, -0.1) is 0 Å². The minimum Gasteiger partial charge on any atom is -0.393 e. The summed E-state index contributed by atoms with van der Waals surface area (Å²) in [5.74, 6) is 2.26. The maximum atomic E-state index is 14.4. The van der Waals surface area contributed by atoms with E-state index in [1.165, 1.54) is 18.9 Å². The third kappa shape index (κ3) is 3.94. The summed E-state index contributed by atoms with van der Waals surface area (Å²) in [5, 5.41) is 14.2. The van der Waals surface area contributed by atoms with Crippen molar-refractivity contribution >= 4 is 5.91 Å². The lowest BCUT2D eigenvalue weighted by Gasteiger charge is -2.71. The van der Waals surface area contributed by atoms with Gasteiger partial charge >= 0.3 is 0 Å². The monoisotopic (exact) mass is 563 g/mol. The Morgan fingerprint density at radius 3 is 2.41 bits per heavy atom. The number of rotatable bonds is 3. The Bertz CT molecular complexity index is 1240. The van der Waals surface area contributed by atoms with E-state index in [4.69, 9.17) is 0 Å². The highest BCUT2D eigenvalue weighted by molar-refractivity contribution is 5.84. The number of hydrogen-bond donors (Lipinski definition) is 2. The van der Waals surface area contributed by atoms with Gasteiger partial charge in [-0.1, -0.05) is 78.3 Å². The lowest BCUT2D eigenvalue weighted by Crippen LogP contribution is -2.66. The van der Waals surface area contributed by atoms with Crippen LogP contribution in [-0.2, 0) is 11.3 Å². The van der Waals surface area contributed by atoms with E-state index in [0.29, 0.717) is 29.2 Å². The maximum absolute atomic E-state index is 14.4. The normalized spacial score (nSPS) is 46.7. The van der Waals surface area contributed by atoms with Crippen LogP contribution < -0.4 is 5.32 Å². The summed E-state index contributed by atoms with van der Waals surface area (Å²) in [6.45, 7) is 17.4. The van der Waals surface area contributed by atoms with E-state index in [-0.39, 0.29) is 52.0 Å². The summed E-state index contributed by atoms with van der Waals surface area (Å²) in [6.07, 6.45) is 11.9. The Balaban J connectivity index is 1.37. The summed E-state index contributed by atoms with van der Waals surface area (Å²) in [7, 11) is 0. The number of carbonyl (C=O) groups is 1. The Morgan fingerprint density at radius 1 is 0.951 bits per heavy atom. The minimum absolute atomic E-state index is 0.0510. The zero-order valence-corrected chi connectivity index (χ0v) is 26.7. The van der Waals surface area contributed by atoms with Gasteiger partial charge < -0.3 is 10.4 Å². The van der Waals surface area contributed by atoms with E-state index in [1.807, 2.05) is 6.07 Å². The van der Waals surface area contributed by atoms with Crippen LogP contribution in [0.15, 0.2) is 35.9 Å². The van der Waals surface area contributed by atoms with E-state index >= 15 is 0 Å². The molecule has 0 spiro atoms. The molecular formula is C37H54FNO2. The average Bonchev–Trinajstić information content (AvgIpc) is 2.93. The molecule has 5 aliphatic carbocycles. The predicted molar refractivity (Wildman–Crippen MR) is 163 cm³/mol. The molecule has 1 aromatic carbocycles. The van der Waals surface area contributed by atoms with Crippen LogP contribution in [0, 0.1) is 62.5 Å². The molecule has 226 valence electrons. The summed E-state index contributed by atoms with van der Waals surface area (Å²) in [5.41, 5.74) is 2.13. The second-order valence-electron chi connectivity index (χ2n) is 16.5. The van der Waals surface area contributed by atoms with E-state index < -0.39 is 5.41 Å². The number of carbonyl (C=O) groups excluding carboxylic acids is 1. The molecule has 0 aromatic heterocycles. The lowest BCUT2D eigenvalue weighted by atomic mass is 9.33. The molecule has 4 saturated carbocycles. The van der Waals surface area contributed by atoms with Gasteiger partial charge in [0.15, 0.2) is 0 Å². The lowest BCUT2D eigenvalue weighted by molar-refractivity contribution is -0.204. The van der Waals surface area contributed by atoms with E-state index in [9.17, 15) is 14.3 Å². The van der Waals surface area contributed by atoms with E-state index in [0.717, 1.165) is 44.9 Å². The van der Waals surface area contributed by atoms with Gasteiger partial charge in [0.05, 0.1) is 11.5 Å². The smallest absolute Gasteiger partial charge is 0.227 e. The standard InChI is InChI=1S/C37H54FNO2/c1-23-14-19-37(32(41)39-22-25-10-8-9-11-27(25)38)21-20-35(6)26(31(37)24(23)2)12-13-29-34(5)17-16-30(40)33(3,4)28(34)15-18-36(29,35)7/h8-12,23-24,28-31,40H,13-22H2,1-7H3,(H,39,41)/t23-,24+,28+,29-,30+,31+,34+,35-,36-,37+/m1/s1. The SMILES string of the molecule is C[C@H]1[C@H](C)CC[C@]2(C(=O)NCc3ccccc3F)CC[C@]3(C)C(=CC[C@@H]4[C@@]5(C)CC[C@H](O)C(C)(C)[C@@H]5CC[C@]43C)[C@H]12. The van der Waals surface area contributed by atoms with Crippen molar-refractivity contribution in [2.75, 3.05) is 0 Å². The number of benzene rings is 1. The summed E-state index contributed by atoms with van der Waals surface area (Å²) < 4.78 is 14.4. The van der Waals surface area contributed by atoms with Crippen LogP contribution in [0.25, 0.3) is 0 Å². The summed E-state index contributed by atoms with van der Waals surface area (Å²) in [4.78, 5) is 14.3. The number of nitrogens with one attached hydrogen (secondary N) is 1. The Labute approximate surface area is 248 Å². The third-order valence-corrected chi connectivity index (χ3v) is 14.8. The number of hydrogen-bond acceptors (Lipinski definition) is 2. The molecular weight excluding hydrogens is 509 g/mol. The second-order valence-corrected chi connectivity index (χ2v) is 16.5. The minimum atomic E-state index is -0.413. The van der Waals surface area contributed by atoms with Crippen LogP contribution in [-0.4, -0.2) is 17.1 Å². The van der Waals surface area contributed by atoms with Crippen LogP contribution in [0.4, 0.5) is 4.39 Å². The number of amides is 1. The number of fused-ring (bicyclic) bond motifs is 7. The van der Waals surface area contributed by atoms with Crippen LogP contribution in [0.1, 0.15) is 112 Å². The highest BCUT2D eigenvalue weighted by Gasteiger charge is 2.69. The maximum Gasteiger partial charge on any atom is 0.227 e. The molecule has 10 atom stereocenters. The molecule has 4 fully saturated rings. The van der Waals surface area contributed by atoms with Gasteiger partial charge in [-0.3, -0.25) is 4.79 Å². The summed E-state index contributed by atoms with van der Waals surface area (Å²) >= 11 is 0. The van der Waals surface area contributed by atoms with Crippen molar-refractivity contribution in [1.82, 2.24) is 5.32 Å². The van der Waals surface area contributed by atoms with Gasteiger partial charge in [0, 0.05) is 12.1 Å². The van der Waals surface area contributed by atoms with Crippen molar-refractivity contribution in [3.63, 3.8) is 0 Å². The van der Waals surface area contributed by atoms with Gasteiger partial charge in [0.1, 0.15) is 5.82 Å². The summed E-state index contributed by atoms with van der Waals surface area (Å²) in [6, 6.07) is 6.80. The van der Waals surface area contributed by atoms with Crippen LogP contribution in [0.5, 0.6) is 0 Å². The number of aliphatic hydroxyl groups excluding tert-OH is 1. The van der Waals surface area contributed by atoms with Crippen molar-refractivity contribution in [3.05, 3.63) is 47.3 Å².